The highest BCUT2D eigenvalue weighted by Crippen LogP contribution is 2.26. The van der Waals surface area contributed by atoms with E-state index in [-0.39, 0.29) is 11.8 Å². The molecule has 0 heterocycles. The van der Waals surface area contributed by atoms with Gasteiger partial charge in [0, 0.05) is 19.3 Å². The Hall–Kier alpha value is -2.69. The van der Waals surface area contributed by atoms with Crippen molar-refractivity contribution in [2.45, 2.75) is 20.4 Å². The summed E-state index contributed by atoms with van der Waals surface area (Å²) >= 11 is 0. The van der Waals surface area contributed by atoms with Gasteiger partial charge in [0.1, 0.15) is 0 Å². The predicted molar refractivity (Wildman–Crippen MR) is 91.1 cm³/mol. The Labute approximate surface area is 136 Å². The van der Waals surface area contributed by atoms with Crippen LogP contribution in [0.15, 0.2) is 36.4 Å². The van der Waals surface area contributed by atoms with Crippen LogP contribution in [0.2, 0.25) is 0 Å². The molecule has 2 aromatic carbocycles. The molecule has 0 radical (unpaired) electrons. The van der Waals surface area contributed by atoms with Crippen LogP contribution in [0.5, 0.6) is 11.5 Å². The number of rotatable bonds is 4. The summed E-state index contributed by atoms with van der Waals surface area (Å²) in [5.74, 6) is 0.476. The van der Waals surface area contributed by atoms with Gasteiger partial charge in [-0.05, 0) is 48.7 Å². The van der Waals surface area contributed by atoms with Crippen molar-refractivity contribution in [2.24, 2.45) is 0 Å². The topological polar surface area (TPSA) is 61.8 Å². The van der Waals surface area contributed by atoms with E-state index < -0.39 is 0 Å². The molecule has 0 aliphatic carbocycles. The van der Waals surface area contributed by atoms with Gasteiger partial charge in [0.05, 0.1) is 7.11 Å². The minimum atomic E-state index is -0.189. The van der Waals surface area contributed by atoms with Crippen molar-refractivity contribution in [1.82, 2.24) is 4.90 Å². The number of hydrogen-bond acceptors (Lipinski definition) is 3. The molecule has 0 aliphatic rings. The van der Waals surface area contributed by atoms with Crippen LogP contribution in [0.4, 0.5) is 10.5 Å². The molecule has 2 N–H and O–H groups in total. The minimum absolute atomic E-state index is 0.0822. The van der Waals surface area contributed by atoms with Crippen molar-refractivity contribution < 1.29 is 14.6 Å². The summed E-state index contributed by atoms with van der Waals surface area (Å²) in [5, 5.41) is 12.5. The van der Waals surface area contributed by atoms with Gasteiger partial charge in [-0.1, -0.05) is 18.2 Å². The molecule has 5 nitrogen and oxygen atoms in total. The summed E-state index contributed by atoms with van der Waals surface area (Å²) in [6.07, 6.45) is 0. The number of amides is 2. The van der Waals surface area contributed by atoms with E-state index in [0.717, 1.165) is 22.4 Å². The normalized spacial score (nSPS) is 10.3. The van der Waals surface area contributed by atoms with Crippen LogP contribution in [0.1, 0.15) is 16.7 Å². The zero-order valence-corrected chi connectivity index (χ0v) is 13.9. The minimum Gasteiger partial charge on any atom is -0.504 e. The van der Waals surface area contributed by atoms with Gasteiger partial charge >= 0.3 is 6.03 Å². The van der Waals surface area contributed by atoms with Gasteiger partial charge < -0.3 is 20.1 Å². The van der Waals surface area contributed by atoms with Gasteiger partial charge in [-0.15, -0.1) is 0 Å². The number of urea groups is 1. The Morgan fingerprint density at radius 2 is 2.00 bits per heavy atom. The number of nitrogens with zero attached hydrogens (tertiary/aromatic N) is 1. The molecule has 2 amide bonds. The molecule has 0 aliphatic heterocycles. The highest BCUT2D eigenvalue weighted by molar-refractivity contribution is 5.90. The third-order valence-electron chi connectivity index (χ3n) is 3.86. The number of phenolic OH excluding ortho intramolecular Hbond substituents is 1. The molecular formula is C18H22N2O3. The Balaban J connectivity index is 2.07. The van der Waals surface area contributed by atoms with Crippen LogP contribution in [0.25, 0.3) is 0 Å². The molecule has 5 heteroatoms. The number of carbonyl (C=O) groups is 1. The van der Waals surface area contributed by atoms with Crippen molar-refractivity contribution in [3.05, 3.63) is 53.1 Å². The Bertz CT molecular complexity index is 713. The third kappa shape index (κ3) is 3.94. The van der Waals surface area contributed by atoms with Crippen LogP contribution in [-0.4, -0.2) is 30.2 Å². The fourth-order valence-corrected chi connectivity index (χ4v) is 2.26. The number of anilines is 1. The molecule has 0 saturated carbocycles. The molecule has 23 heavy (non-hydrogen) atoms. The molecule has 0 aromatic heterocycles. The highest BCUT2D eigenvalue weighted by Gasteiger charge is 2.12. The quantitative estimate of drug-likeness (QED) is 0.905. The number of ether oxygens (including phenoxy) is 1. The van der Waals surface area contributed by atoms with E-state index in [0.29, 0.717) is 12.3 Å². The van der Waals surface area contributed by atoms with E-state index in [1.807, 2.05) is 32.0 Å². The first-order chi connectivity index (χ1) is 10.9. The molecule has 0 saturated heterocycles. The lowest BCUT2D eigenvalue weighted by atomic mass is 10.1. The molecular weight excluding hydrogens is 292 g/mol. The average Bonchev–Trinajstić information content (AvgIpc) is 2.53. The Morgan fingerprint density at radius 1 is 1.26 bits per heavy atom. The monoisotopic (exact) mass is 314 g/mol. The molecule has 0 bridgehead atoms. The third-order valence-corrected chi connectivity index (χ3v) is 3.86. The first kappa shape index (κ1) is 16.7. The predicted octanol–water partition coefficient (Wildman–Crippen LogP) is 3.68. The van der Waals surface area contributed by atoms with Crippen molar-refractivity contribution in [2.75, 3.05) is 19.5 Å². The second kappa shape index (κ2) is 7.05. The van der Waals surface area contributed by atoms with E-state index in [4.69, 9.17) is 4.74 Å². The second-order valence-electron chi connectivity index (χ2n) is 5.54. The van der Waals surface area contributed by atoms with Crippen LogP contribution >= 0.6 is 0 Å². The fourth-order valence-electron chi connectivity index (χ4n) is 2.26. The maximum Gasteiger partial charge on any atom is 0.321 e. The largest absolute Gasteiger partial charge is 0.504 e. The summed E-state index contributed by atoms with van der Waals surface area (Å²) in [6.45, 7) is 4.40. The van der Waals surface area contributed by atoms with Crippen molar-refractivity contribution in [1.29, 1.82) is 0 Å². The molecule has 2 aromatic rings. The molecule has 0 unspecified atom stereocenters. The zero-order chi connectivity index (χ0) is 17.0. The molecule has 0 atom stereocenters. The van der Waals surface area contributed by atoms with Crippen molar-refractivity contribution in [3.8, 4) is 11.5 Å². The van der Waals surface area contributed by atoms with Gasteiger partial charge in [0.15, 0.2) is 11.5 Å². The Kier molecular flexibility index (Phi) is 5.11. The summed E-state index contributed by atoms with van der Waals surface area (Å²) in [4.78, 5) is 13.9. The van der Waals surface area contributed by atoms with Gasteiger partial charge in [-0.2, -0.15) is 0 Å². The lowest BCUT2D eigenvalue weighted by Gasteiger charge is -2.20. The maximum atomic E-state index is 12.3. The van der Waals surface area contributed by atoms with Crippen molar-refractivity contribution in [3.63, 3.8) is 0 Å². The number of methoxy groups -OCH3 is 1. The SMILES string of the molecule is COc1cc(CN(C)C(=O)Nc2cccc(C)c2C)ccc1O. The van der Waals surface area contributed by atoms with Gasteiger partial charge in [-0.25, -0.2) is 4.79 Å². The number of phenols is 1. The van der Waals surface area contributed by atoms with E-state index in [1.54, 1.807) is 30.1 Å². The lowest BCUT2D eigenvalue weighted by molar-refractivity contribution is 0.220. The molecule has 0 spiro atoms. The van der Waals surface area contributed by atoms with Gasteiger partial charge in [-0.3, -0.25) is 0 Å². The standard InChI is InChI=1S/C18H22N2O3/c1-12-6-5-7-15(13(12)2)19-18(22)20(3)11-14-8-9-16(21)17(10-14)23-4/h5-10,21H,11H2,1-4H3,(H,19,22). The molecule has 2 rings (SSSR count). The summed E-state index contributed by atoms with van der Waals surface area (Å²) in [5.41, 5.74) is 3.87. The van der Waals surface area contributed by atoms with E-state index in [9.17, 15) is 9.90 Å². The molecule has 0 fully saturated rings. The summed E-state index contributed by atoms with van der Waals surface area (Å²) < 4.78 is 5.08. The van der Waals surface area contributed by atoms with Crippen LogP contribution in [-0.2, 0) is 6.54 Å². The zero-order valence-electron chi connectivity index (χ0n) is 13.9. The van der Waals surface area contributed by atoms with Gasteiger partial charge in [0.2, 0.25) is 0 Å². The number of carbonyl (C=O) groups excluding carboxylic acids is 1. The first-order valence-corrected chi connectivity index (χ1v) is 7.36. The van der Waals surface area contributed by atoms with E-state index in [1.165, 1.54) is 7.11 Å². The summed E-state index contributed by atoms with van der Waals surface area (Å²) in [6, 6.07) is 10.7. The second-order valence-corrected chi connectivity index (χ2v) is 5.54. The first-order valence-electron chi connectivity index (χ1n) is 7.36. The lowest BCUT2D eigenvalue weighted by Crippen LogP contribution is -2.31. The van der Waals surface area contributed by atoms with Crippen LogP contribution in [0, 0.1) is 13.8 Å². The summed E-state index contributed by atoms with van der Waals surface area (Å²) in [7, 11) is 3.22. The molecule has 122 valence electrons. The maximum absolute atomic E-state index is 12.3. The average molecular weight is 314 g/mol. The fraction of sp³-hybridized carbons (Fsp3) is 0.278. The van der Waals surface area contributed by atoms with Crippen LogP contribution < -0.4 is 10.1 Å². The van der Waals surface area contributed by atoms with Crippen molar-refractivity contribution >= 4 is 11.7 Å². The number of hydrogen-bond donors (Lipinski definition) is 2. The van der Waals surface area contributed by atoms with E-state index in [2.05, 4.69) is 5.32 Å². The number of aryl methyl sites for hydroxylation is 1. The number of aromatic hydroxyl groups is 1. The van der Waals surface area contributed by atoms with Crippen LogP contribution in [0.3, 0.4) is 0 Å². The Morgan fingerprint density at radius 3 is 2.70 bits per heavy atom. The number of nitrogens with one attached hydrogen (secondary N) is 1. The van der Waals surface area contributed by atoms with E-state index >= 15 is 0 Å². The highest BCUT2D eigenvalue weighted by atomic mass is 16.5. The van der Waals surface area contributed by atoms with Gasteiger partial charge in [0.25, 0.3) is 0 Å². The number of benzene rings is 2. The smallest absolute Gasteiger partial charge is 0.321 e.